The van der Waals surface area contributed by atoms with Gasteiger partial charge in [0.05, 0.1) is 21.9 Å². The normalized spacial score (nSPS) is 24.6. The van der Waals surface area contributed by atoms with Crippen molar-refractivity contribution in [1.29, 1.82) is 0 Å². The summed E-state index contributed by atoms with van der Waals surface area (Å²) < 4.78 is 3.39. The lowest BCUT2D eigenvalue weighted by Crippen LogP contribution is -2.07. The first-order valence-corrected chi connectivity index (χ1v) is 7.25. The summed E-state index contributed by atoms with van der Waals surface area (Å²) in [4.78, 5) is 4.58. The fraction of sp³-hybridized carbons (Fsp3) is 0.429. The molecule has 4 heteroatoms. The first-order valence-electron chi connectivity index (χ1n) is 6.46. The van der Waals surface area contributed by atoms with Crippen molar-refractivity contribution in [2.24, 2.45) is 0 Å². The summed E-state index contributed by atoms with van der Waals surface area (Å²) >= 11 is 3.74. The summed E-state index contributed by atoms with van der Waals surface area (Å²) in [6, 6.07) is 6.73. The molecule has 0 aromatic carbocycles. The standard InChI is InChI=1S/C14H14BrN3/c1-8-3-2-4-11(16-8)13-12(15)14-9-5-6-10(7-9)18(14)17-13/h2-4,9-10H,5-7H2,1H3/t9-,10+/m0/s1. The number of hydrogen-bond acceptors (Lipinski definition) is 2. The Balaban J connectivity index is 1.89. The van der Waals surface area contributed by atoms with E-state index in [1.54, 1.807) is 0 Å². The third kappa shape index (κ3) is 1.35. The van der Waals surface area contributed by atoms with Gasteiger partial charge in [-0.25, -0.2) is 0 Å². The van der Waals surface area contributed by atoms with E-state index < -0.39 is 0 Å². The Bertz CT molecular complexity index is 632. The van der Waals surface area contributed by atoms with Crippen molar-refractivity contribution in [3.8, 4) is 11.4 Å². The Morgan fingerprint density at radius 2 is 2.22 bits per heavy atom. The van der Waals surface area contributed by atoms with E-state index in [0.717, 1.165) is 21.6 Å². The fourth-order valence-corrected chi connectivity index (χ4v) is 4.13. The highest BCUT2D eigenvalue weighted by Gasteiger charge is 2.40. The van der Waals surface area contributed by atoms with Crippen LogP contribution >= 0.6 is 15.9 Å². The van der Waals surface area contributed by atoms with Gasteiger partial charge in [-0.3, -0.25) is 9.67 Å². The van der Waals surface area contributed by atoms with E-state index in [1.807, 2.05) is 25.1 Å². The topological polar surface area (TPSA) is 30.7 Å². The summed E-state index contributed by atoms with van der Waals surface area (Å²) in [6.45, 7) is 2.02. The minimum Gasteiger partial charge on any atom is -0.264 e. The second-order valence-corrected chi connectivity index (χ2v) is 6.11. The maximum absolute atomic E-state index is 4.79. The van der Waals surface area contributed by atoms with Crippen molar-refractivity contribution in [3.63, 3.8) is 0 Å². The van der Waals surface area contributed by atoms with Crippen LogP contribution in [0.4, 0.5) is 0 Å². The number of pyridine rings is 1. The van der Waals surface area contributed by atoms with Crippen molar-refractivity contribution >= 4 is 15.9 Å². The highest BCUT2D eigenvalue weighted by atomic mass is 79.9. The number of rotatable bonds is 1. The SMILES string of the molecule is Cc1cccc(-c2nn3c(c2Br)[C@H]2CC[C@@H]3C2)n1. The van der Waals surface area contributed by atoms with Crippen LogP contribution in [-0.4, -0.2) is 14.8 Å². The molecule has 92 valence electrons. The van der Waals surface area contributed by atoms with Gasteiger partial charge < -0.3 is 0 Å². The molecule has 0 spiro atoms. The van der Waals surface area contributed by atoms with Gasteiger partial charge >= 0.3 is 0 Å². The molecular weight excluding hydrogens is 290 g/mol. The first-order chi connectivity index (χ1) is 8.74. The zero-order chi connectivity index (χ0) is 12.3. The Hall–Kier alpha value is -1.16. The van der Waals surface area contributed by atoms with Gasteiger partial charge in [0.15, 0.2) is 0 Å². The molecule has 0 saturated heterocycles. The van der Waals surface area contributed by atoms with Crippen molar-refractivity contribution in [2.45, 2.75) is 38.1 Å². The molecule has 2 aromatic heterocycles. The van der Waals surface area contributed by atoms with E-state index in [4.69, 9.17) is 5.10 Å². The molecule has 0 amide bonds. The lowest BCUT2D eigenvalue weighted by Gasteiger charge is -2.12. The Morgan fingerprint density at radius 3 is 3.00 bits per heavy atom. The van der Waals surface area contributed by atoms with E-state index in [9.17, 15) is 0 Å². The van der Waals surface area contributed by atoms with Crippen molar-refractivity contribution in [2.75, 3.05) is 0 Å². The van der Waals surface area contributed by atoms with Crippen molar-refractivity contribution in [1.82, 2.24) is 14.8 Å². The summed E-state index contributed by atoms with van der Waals surface area (Å²) in [5.74, 6) is 0.704. The van der Waals surface area contributed by atoms with Gasteiger partial charge in [-0.15, -0.1) is 0 Å². The minimum atomic E-state index is 0.625. The van der Waals surface area contributed by atoms with Gasteiger partial charge in [0, 0.05) is 11.6 Å². The fourth-order valence-electron chi connectivity index (χ4n) is 3.34. The quantitative estimate of drug-likeness (QED) is 0.801. The van der Waals surface area contributed by atoms with Crippen LogP contribution in [0.5, 0.6) is 0 Å². The van der Waals surface area contributed by atoms with Crippen LogP contribution in [0.3, 0.4) is 0 Å². The van der Waals surface area contributed by atoms with Crippen molar-refractivity contribution < 1.29 is 0 Å². The van der Waals surface area contributed by atoms with E-state index in [-0.39, 0.29) is 0 Å². The third-order valence-corrected chi connectivity index (χ3v) is 4.94. The molecule has 2 aromatic rings. The van der Waals surface area contributed by atoms with Gasteiger partial charge in [0.1, 0.15) is 5.69 Å². The van der Waals surface area contributed by atoms with E-state index >= 15 is 0 Å². The third-order valence-electron chi connectivity index (χ3n) is 4.16. The van der Waals surface area contributed by atoms with Crippen LogP contribution in [-0.2, 0) is 0 Å². The minimum absolute atomic E-state index is 0.625. The molecule has 3 heterocycles. The molecule has 18 heavy (non-hydrogen) atoms. The van der Waals surface area contributed by atoms with Crippen molar-refractivity contribution in [3.05, 3.63) is 34.1 Å². The Labute approximate surface area is 114 Å². The molecule has 1 saturated carbocycles. The average Bonchev–Trinajstić information content (AvgIpc) is 3.02. The highest BCUT2D eigenvalue weighted by molar-refractivity contribution is 9.10. The number of hydrogen-bond donors (Lipinski definition) is 0. The predicted octanol–water partition coefficient (Wildman–Crippen LogP) is 3.84. The number of nitrogens with zero attached hydrogens (tertiary/aromatic N) is 3. The summed E-state index contributed by atoms with van der Waals surface area (Å²) in [7, 11) is 0. The maximum atomic E-state index is 4.79. The Morgan fingerprint density at radius 1 is 1.33 bits per heavy atom. The van der Waals surface area contributed by atoms with Crippen LogP contribution in [0.25, 0.3) is 11.4 Å². The number of aromatic nitrogens is 3. The summed E-state index contributed by atoms with van der Waals surface area (Å²) in [6.07, 6.45) is 3.88. The van der Waals surface area contributed by atoms with Crippen LogP contribution < -0.4 is 0 Å². The van der Waals surface area contributed by atoms with Crippen LogP contribution in [0.15, 0.2) is 22.7 Å². The molecule has 3 nitrogen and oxygen atoms in total. The molecule has 1 fully saturated rings. The Kier molecular flexibility index (Phi) is 2.19. The van der Waals surface area contributed by atoms with Gasteiger partial charge in [0.2, 0.25) is 0 Å². The molecule has 1 aliphatic carbocycles. The molecule has 0 radical (unpaired) electrons. The van der Waals surface area contributed by atoms with Crippen LogP contribution in [0.2, 0.25) is 0 Å². The highest BCUT2D eigenvalue weighted by Crippen LogP contribution is 2.52. The molecule has 1 aliphatic heterocycles. The molecule has 0 N–H and O–H groups in total. The second-order valence-electron chi connectivity index (χ2n) is 5.32. The van der Waals surface area contributed by atoms with E-state index in [0.29, 0.717) is 12.0 Å². The van der Waals surface area contributed by atoms with E-state index in [1.165, 1.54) is 25.0 Å². The molecule has 2 aliphatic rings. The monoisotopic (exact) mass is 303 g/mol. The second kappa shape index (κ2) is 3.67. The van der Waals surface area contributed by atoms with Gasteiger partial charge in [-0.1, -0.05) is 6.07 Å². The predicted molar refractivity (Wildman–Crippen MR) is 73.5 cm³/mol. The number of aryl methyl sites for hydroxylation is 1. The van der Waals surface area contributed by atoms with Gasteiger partial charge in [0.25, 0.3) is 0 Å². The zero-order valence-corrected chi connectivity index (χ0v) is 11.8. The number of fused-ring (bicyclic) bond motifs is 5. The lowest BCUT2D eigenvalue weighted by atomic mass is 10.0. The summed E-state index contributed by atoms with van der Waals surface area (Å²) in [5, 5.41) is 4.79. The first kappa shape index (κ1) is 10.7. The average molecular weight is 304 g/mol. The van der Waals surface area contributed by atoms with Gasteiger partial charge in [-0.2, -0.15) is 5.10 Å². The molecular formula is C14H14BrN3. The zero-order valence-electron chi connectivity index (χ0n) is 10.2. The lowest BCUT2D eigenvalue weighted by molar-refractivity contribution is 0.477. The number of halogens is 1. The maximum Gasteiger partial charge on any atom is 0.125 e. The molecule has 4 rings (SSSR count). The molecule has 2 atom stereocenters. The van der Waals surface area contributed by atoms with Crippen LogP contribution in [0.1, 0.15) is 42.6 Å². The van der Waals surface area contributed by atoms with Gasteiger partial charge in [-0.05, 0) is 54.2 Å². The molecule has 2 bridgehead atoms. The summed E-state index contributed by atoms with van der Waals surface area (Å²) in [5.41, 5.74) is 4.41. The molecule has 0 unspecified atom stereocenters. The van der Waals surface area contributed by atoms with Crippen LogP contribution in [0, 0.1) is 6.92 Å². The smallest absolute Gasteiger partial charge is 0.125 e. The largest absolute Gasteiger partial charge is 0.264 e. The van der Waals surface area contributed by atoms with E-state index in [2.05, 4.69) is 25.6 Å².